The first-order valence-corrected chi connectivity index (χ1v) is 5.74. The maximum absolute atomic E-state index is 11.4. The van der Waals surface area contributed by atoms with E-state index in [1.807, 2.05) is 18.2 Å². The zero-order chi connectivity index (χ0) is 12.0. The second kappa shape index (κ2) is 3.47. The van der Waals surface area contributed by atoms with Crippen LogP contribution >= 0.6 is 0 Å². The molecular weight excluding hydrogens is 220 g/mol. The number of rotatable bonds is 1. The van der Waals surface area contributed by atoms with E-state index < -0.39 is 5.79 Å². The first kappa shape index (κ1) is 10.6. The molecule has 1 N–H and O–H groups in total. The van der Waals surface area contributed by atoms with Crippen LogP contribution in [0.1, 0.15) is 29.9 Å². The van der Waals surface area contributed by atoms with Gasteiger partial charge >= 0.3 is 5.97 Å². The Hall–Kier alpha value is -1.55. The van der Waals surface area contributed by atoms with Crippen LogP contribution in [0.2, 0.25) is 0 Å². The van der Waals surface area contributed by atoms with E-state index in [4.69, 9.17) is 9.47 Å². The summed E-state index contributed by atoms with van der Waals surface area (Å²) in [5.41, 5.74) is 2.06. The Labute approximate surface area is 99.2 Å². The summed E-state index contributed by atoms with van der Waals surface area (Å²) >= 11 is 0. The largest absolute Gasteiger partial charge is 0.496 e. The standard InChI is InChI=1S/C13H14O4/c1-16-11-4-2-3-8-9(11)5-6-13(15)10(8)7-12(14)17-13/h2-4,10,15H,5-7H2,1H3/t10-,13+/m1/s1. The number of aliphatic hydroxyl groups is 1. The lowest BCUT2D eigenvalue weighted by atomic mass is 9.78. The van der Waals surface area contributed by atoms with E-state index in [2.05, 4.69) is 0 Å². The summed E-state index contributed by atoms with van der Waals surface area (Å²) in [7, 11) is 1.63. The van der Waals surface area contributed by atoms with Crippen molar-refractivity contribution in [1.82, 2.24) is 0 Å². The van der Waals surface area contributed by atoms with Gasteiger partial charge in [0.05, 0.1) is 19.4 Å². The van der Waals surface area contributed by atoms with Gasteiger partial charge in [-0.15, -0.1) is 0 Å². The minimum Gasteiger partial charge on any atom is -0.496 e. The summed E-state index contributed by atoms with van der Waals surface area (Å²) in [5, 5.41) is 10.3. The van der Waals surface area contributed by atoms with Gasteiger partial charge in [0.1, 0.15) is 5.75 Å². The lowest BCUT2D eigenvalue weighted by Crippen LogP contribution is -2.38. The van der Waals surface area contributed by atoms with Crippen molar-refractivity contribution >= 4 is 5.97 Å². The quantitative estimate of drug-likeness (QED) is 0.745. The second-order valence-electron chi connectivity index (χ2n) is 4.60. The highest BCUT2D eigenvalue weighted by molar-refractivity contribution is 5.74. The Morgan fingerprint density at radius 1 is 1.53 bits per heavy atom. The highest BCUT2D eigenvalue weighted by atomic mass is 16.7. The number of ether oxygens (including phenoxy) is 2. The number of benzene rings is 1. The molecule has 3 rings (SSSR count). The third-order valence-corrected chi connectivity index (χ3v) is 3.70. The smallest absolute Gasteiger partial charge is 0.309 e. The zero-order valence-corrected chi connectivity index (χ0v) is 9.60. The van der Waals surface area contributed by atoms with Crippen molar-refractivity contribution in [3.8, 4) is 5.75 Å². The molecule has 0 spiro atoms. The minimum atomic E-state index is -1.31. The van der Waals surface area contributed by atoms with Crippen LogP contribution in [-0.2, 0) is 16.0 Å². The molecule has 0 saturated carbocycles. The molecule has 90 valence electrons. The fraction of sp³-hybridized carbons (Fsp3) is 0.462. The predicted octanol–water partition coefficient (Wildman–Crippen LogP) is 1.36. The summed E-state index contributed by atoms with van der Waals surface area (Å²) in [6.07, 6.45) is 1.35. The van der Waals surface area contributed by atoms with Crippen molar-refractivity contribution in [2.45, 2.75) is 31.0 Å². The van der Waals surface area contributed by atoms with Gasteiger partial charge in [-0.2, -0.15) is 0 Å². The Bertz CT molecular complexity index is 482. The molecule has 1 fully saturated rings. The normalized spacial score (nSPS) is 30.5. The Morgan fingerprint density at radius 2 is 2.35 bits per heavy atom. The average Bonchev–Trinajstić information content (AvgIpc) is 2.63. The molecule has 1 aromatic rings. The van der Waals surface area contributed by atoms with Gasteiger partial charge in [0, 0.05) is 6.42 Å². The van der Waals surface area contributed by atoms with E-state index in [1.54, 1.807) is 7.11 Å². The van der Waals surface area contributed by atoms with Crippen molar-refractivity contribution < 1.29 is 19.4 Å². The lowest BCUT2D eigenvalue weighted by molar-refractivity contribution is -0.197. The number of carbonyl (C=O) groups excluding carboxylic acids is 1. The van der Waals surface area contributed by atoms with Crippen LogP contribution in [0.25, 0.3) is 0 Å². The third-order valence-electron chi connectivity index (χ3n) is 3.70. The summed E-state index contributed by atoms with van der Waals surface area (Å²) in [6, 6.07) is 5.72. The molecule has 1 heterocycles. The second-order valence-corrected chi connectivity index (χ2v) is 4.60. The molecule has 1 aromatic carbocycles. The van der Waals surface area contributed by atoms with E-state index in [0.29, 0.717) is 12.8 Å². The summed E-state index contributed by atoms with van der Waals surface area (Å²) in [4.78, 5) is 11.4. The highest BCUT2D eigenvalue weighted by Gasteiger charge is 2.51. The summed E-state index contributed by atoms with van der Waals surface area (Å²) in [5.74, 6) is -1.07. The lowest BCUT2D eigenvalue weighted by Gasteiger charge is -2.34. The highest BCUT2D eigenvalue weighted by Crippen LogP contribution is 2.48. The maximum atomic E-state index is 11.4. The predicted molar refractivity (Wildman–Crippen MR) is 59.7 cm³/mol. The number of fused-ring (bicyclic) bond motifs is 3. The molecule has 0 amide bonds. The number of hydrogen-bond acceptors (Lipinski definition) is 4. The van der Waals surface area contributed by atoms with Gasteiger partial charge in [-0.1, -0.05) is 12.1 Å². The summed E-state index contributed by atoms with van der Waals surface area (Å²) < 4.78 is 10.4. The van der Waals surface area contributed by atoms with Gasteiger partial charge in [-0.3, -0.25) is 4.79 Å². The first-order chi connectivity index (χ1) is 8.14. The molecule has 4 heteroatoms. The zero-order valence-electron chi connectivity index (χ0n) is 9.60. The molecule has 1 saturated heterocycles. The van der Waals surface area contributed by atoms with E-state index >= 15 is 0 Å². The van der Waals surface area contributed by atoms with Crippen LogP contribution in [0.5, 0.6) is 5.75 Å². The molecule has 17 heavy (non-hydrogen) atoms. The number of methoxy groups -OCH3 is 1. The van der Waals surface area contributed by atoms with Crippen LogP contribution < -0.4 is 4.74 Å². The van der Waals surface area contributed by atoms with Gasteiger partial charge in [0.2, 0.25) is 5.79 Å². The van der Waals surface area contributed by atoms with Crippen molar-refractivity contribution in [2.75, 3.05) is 7.11 Å². The number of hydrogen-bond donors (Lipinski definition) is 1. The Balaban J connectivity index is 2.11. The van der Waals surface area contributed by atoms with Crippen molar-refractivity contribution in [3.05, 3.63) is 29.3 Å². The van der Waals surface area contributed by atoms with Gasteiger partial charge in [-0.05, 0) is 23.6 Å². The molecule has 1 aliphatic heterocycles. The molecule has 1 aliphatic carbocycles. The van der Waals surface area contributed by atoms with E-state index in [-0.39, 0.29) is 18.3 Å². The molecule has 2 atom stereocenters. The molecule has 0 bridgehead atoms. The van der Waals surface area contributed by atoms with Gasteiger partial charge < -0.3 is 14.6 Å². The van der Waals surface area contributed by atoms with Crippen molar-refractivity contribution in [1.29, 1.82) is 0 Å². The SMILES string of the molecule is COc1cccc2c1CC[C@]1(O)OC(=O)C[C@H]21. The van der Waals surface area contributed by atoms with Crippen LogP contribution in [0.4, 0.5) is 0 Å². The topological polar surface area (TPSA) is 55.8 Å². The van der Waals surface area contributed by atoms with Crippen LogP contribution in [0, 0.1) is 0 Å². The maximum Gasteiger partial charge on any atom is 0.309 e. The van der Waals surface area contributed by atoms with Crippen molar-refractivity contribution in [3.63, 3.8) is 0 Å². The molecule has 4 nitrogen and oxygen atoms in total. The third kappa shape index (κ3) is 1.44. The van der Waals surface area contributed by atoms with E-state index in [9.17, 15) is 9.90 Å². The average molecular weight is 234 g/mol. The molecule has 0 radical (unpaired) electrons. The van der Waals surface area contributed by atoms with Gasteiger partial charge in [-0.25, -0.2) is 0 Å². The Kier molecular flexibility index (Phi) is 2.16. The summed E-state index contributed by atoms with van der Waals surface area (Å²) in [6.45, 7) is 0. The minimum absolute atomic E-state index is 0.247. The van der Waals surface area contributed by atoms with Crippen LogP contribution in [-0.4, -0.2) is 24.0 Å². The van der Waals surface area contributed by atoms with E-state index in [1.165, 1.54) is 0 Å². The van der Waals surface area contributed by atoms with Crippen LogP contribution in [0.15, 0.2) is 18.2 Å². The van der Waals surface area contributed by atoms with E-state index in [0.717, 1.165) is 16.9 Å². The monoisotopic (exact) mass is 234 g/mol. The molecule has 2 aliphatic rings. The van der Waals surface area contributed by atoms with Gasteiger partial charge in [0.15, 0.2) is 0 Å². The van der Waals surface area contributed by atoms with Crippen LogP contribution in [0.3, 0.4) is 0 Å². The molecule has 0 aromatic heterocycles. The number of carbonyl (C=O) groups is 1. The first-order valence-electron chi connectivity index (χ1n) is 5.74. The molecular formula is C13H14O4. The van der Waals surface area contributed by atoms with Crippen molar-refractivity contribution in [2.24, 2.45) is 0 Å². The fourth-order valence-corrected chi connectivity index (χ4v) is 2.89. The number of esters is 1. The van der Waals surface area contributed by atoms with Gasteiger partial charge in [0.25, 0.3) is 0 Å². The fourth-order valence-electron chi connectivity index (χ4n) is 2.89. The Morgan fingerprint density at radius 3 is 3.12 bits per heavy atom. The molecule has 0 unspecified atom stereocenters.